The Morgan fingerprint density at radius 2 is 1.86 bits per heavy atom. The predicted molar refractivity (Wildman–Crippen MR) is 91.7 cm³/mol. The van der Waals surface area contributed by atoms with E-state index in [0.29, 0.717) is 22.5 Å². The summed E-state index contributed by atoms with van der Waals surface area (Å²) in [4.78, 5) is 29.4. The average molecular weight is 371 g/mol. The summed E-state index contributed by atoms with van der Waals surface area (Å²) in [5.74, 6) is 0. The molecule has 2 aromatic heterocycles. The number of nitrogens with zero attached hydrogens (tertiary/aromatic N) is 4. The second kappa shape index (κ2) is 7.26. The molecule has 0 N–H and O–H groups in total. The molecule has 0 aromatic carbocycles. The van der Waals surface area contributed by atoms with Crippen LogP contribution in [0.3, 0.4) is 0 Å². The Morgan fingerprint density at radius 1 is 1.18 bits per heavy atom. The summed E-state index contributed by atoms with van der Waals surface area (Å²) >= 11 is 3.54. The largest absolute Gasteiger partial charge is 0.332 e. The van der Waals surface area contributed by atoms with Crippen LogP contribution in [0.15, 0.2) is 15.9 Å². The first-order valence-corrected chi connectivity index (χ1v) is 8.60. The first kappa shape index (κ1) is 17.0. The maximum absolute atomic E-state index is 12.5. The van der Waals surface area contributed by atoms with Crippen LogP contribution >= 0.6 is 15.9 Å². The average Bonchev–Trinajstić information content (AvgIpc) is 2.85. The molecule has 0 amide bonds. The van der Waals surface area contributed by atoms with Crippen LogP contribution in [0.5, 0.6) is 0 Å². The number of halogens is 1. The minimum Gasteiger partial charge on any atom is -0.328 e. The first-order valence-electron chi connectivity index (χ1n) is 7.68. The van der Waals surface area contributed by atoms with Crippen LogP contribution < -0.4 is 11.2 Å². The molecule has 7 heteroatoms. The Balaban J connectivity index is 2.10. The zero-order valence-corrected chi connectivity index (χ0v) is 15.0. The van der Waals surface area contributed by atoms with Crippen LogP contribution in [0, 0.1) is 0 Å². The third kappa shape index (κ3) is 3.51. The summed E-state index contributed by atoms with van der Waals surface area (Å²) in [5.41, 5.74) is 0.396. The lowest BCUT2D eigenvalue weighted by molar-refractivity contribution is 0.528. The molecule has 2 aromatic rings. The van der Waals surface area contributed by atoms with E-state index in [1.807, 2.05) is 0 Å². The van der Waals surface area contributed by atoms with Crippen molar-refractivity contribution in [3.8, 4) is 0 Å². The van der Waals surface area contributed by atoms with Gasteiger partial charge in [0.2, 0.25) is 0 Å². The van der Waals surface area contributed by atoms with Gasteiger partial charge >= 0.3 is 5.69 Å². The molecule has 0 aliphatic carbocycles. The molecule has 0 aliphatic rings. The molecule has 0 saturated carbocycles. The molecule has 0 bridgehead atoms. The number of hydrogen-bond donors (Lipinski definition) is 0. The normalized spacial score (nSPS) is 12.9. The lowest BCUT2D eigenvalue weighted by Gasteiger charge is -2.08. The van der Waals surface area contributed by atoms with Crippen molar-refractivity contribution in [3.05, 3.63) is 27.2 Å². The Labute approximate surface area is 137 Å². The summed E-state index contributed by atoms with van der Waals surface area (Å²) in [7, 11) is 3.43. The third-order valence-corrected chi connectivity index (χ3v) is 4.39. The van der Waals surface area contributed by atoms with Crippen LogP contribution in [-0.4, -0.2) is 23.5 Å². The summed E-state index contributed by atoms with van der Waals surface area (Å²) in [5, 5.41) is 0. The Morgan fingerprint density at radius 3 is 2.55 bits per heavy atom. The second-order valence-corrected chi connectivity index (χ2v) is 7.37. The van der Waals surface area contributed by atoms with E-state index in [4.69, 9.17) is 0 Å². The Bertz CT molecular complexity index is 757. The van der Waals surface area contributed by atoms with E-state index < -0.39 is 0 Å². The van der Waals surface area contributed by atoms with Crippen LogP contribution in [-0.2, 0) is 20.6 Å². The number of alkyl halides is 1. The standard InChI is InChI=1S/C15H23BrN4O2/c1-11(16)8-6-4-5-7-9-20-14(21)12-13(17-10-18(12)2)19(3)15(20)22/h10-11H,4-9H2,1-3H3. The summed E-state index contributed by atoms with van der Waals surface area (Å²) in [6, 6.07) is 0. The zero-order chi connectivity index (χ0) is 16.3. The van der Waals surface area contributed by atoms with Crippen molar-refractivity contribution >= 4 is 27.1 Å². The van der Waals surface area contributed by atoms with Crippen LogP contribution in [0.2, 0.25) is 0 Å². The molecule has 0 aliphatic heterocycles. The molecular formula is C15H23BrN4O2. The number of hydrogen-bond acceptors (Lipinski definition) is 3. The van der Waals surface area contributed by atoms with E-state index in [1.165, 1.54) is 15.6 Å². The Hall–Kier alpha value is -1.37. The fourth-order valence-corrected chi connectivity index (χ4v) is 2.97. The molecule has 1 atom stereocenters. The smallest absolute Gasteiger partial charge is 0.328 e. The van der Waals surface area contributed by atoms with Gasteiger partial charge < -0.3 is 4.57 Å². The minimum absolute atomic E-state index is 0.243. The highest BCUT2D eigenvalue weighted by atomic mass is 79.9. The molecular weight excluding hydrogens is 348 g/mol. The van der Waals surface area contributed by atoms with Crippen molar-refractivity contribution < 1.29 is 0 Å². The van der Waals surface area contributed by atoms with Crippen LogP contribution in [0.25, 0.3) is 11.2 Å². The highest BCUT2D eigenvalue weighted by Crippen LogP contribution is 2.11. The van der Waals surface area contributed by atoms with Crippen molar-refractivity contribution in [1.29, 1.82) is 0 Å². The van der Waals surface area contributed by atoms with E-state index in [1.54, 1.807) is 25.0 Å². The summed E-state index contributed by atoms with van der Waals surface area (Å²) in [6.07, 6.45) is 6.88. The topological polar surface area (TPSA) is 61.8 Å². The number of imidazole rings is 1. The molecule has 122 valence electrons. The number of fused-ring (bicyclic) bond motifs is 1. The molecule has 0 saturated heterocycles. The number of aryl methyl sites for hydroxylation is 2. The summed E-state index contributed by atoms with van der Waals surface area (Å²) in [6.45, 7) is 2.61. The lowest BCUT2D eigenvalue weighted by atomic mass is 10.1. The molecule has 0 spiro atoms. The van der Waals surface area contributed by atoms with Gasteiger partial charge in [-0.15, -0.1) is 0 Å². The molecule has 6 nitrogen and oxygen atoms in total. The van der Waals surface area contributed by atoms with E-state index in [-0.39, 0.29) is 11.2 Å². The van der Waals surface area contributed by atoms with Gasteiger partial charge in [-0.2, -0.15) is 0 Å². The van der Waals surface area contributed by atoms with Crippen LogP contribution in [0.4, 0.5) is 0 Å². The van der Waals surface area contributed by atoms with Crippen molar-refractivity contribution in [2.75, 3.05) is 0 Å². The highest BCUT2D eigenvalue weighted by molar-refractivity contribution is 9.09. The molecule has 22 heavy (non-hydrogen) atoms. The number of aromatic nitrogens is 4. The minimum atomic E-state index is -0.287. The molecule has 2 heterocycles. The zero-order valence-electron chi connectivity index (χ0n) is 13.4. The highest BCUT2D eigenvalue weighted by Gasteiger charge is 2.14. The van der Waals surface area contributed by atoms with Gasteiger partial charge in [-0.25, -0.2) is 9.78 Å². The van der Waals surface area contributed by atoms with Crippen molar-refractivity contribution in [3.63, 3.8) is 0 Å². The Kier molecular flexibility index (Phi) is 5.61. The molecule has 1 unspecified atom stereocenters. The van der Waals surface area contributed by atoms with Crippen molar-refractivity contribution in [1.82, 2.24) is 18.7 Å². The quantitative estimate of drug-likeness (QED) is 0.554. The predicted octanol–water partition coefficient (Wildman–Crippen LogP) is 2.17. The number of rotatable bonds is 7. The maximum atomic E-state index is 12.5. The van der Waals surface area contributed by atoms with E-state index >= 15 is 0 Å². The van der Waals surface area contributed by atoms with Gasteiger partial charge in [0.15, 0.2) is 11.2 Å². The molecule has 0 fully saturated rings. The van der Waals surface area contributed by atoms with Gasteiger partial charge in [-0.1, -0.05) is 42.1 Å². The van der Waals surface area contributed by atoms with E-state index in [2.05, 4.69) is 27.8 Å². The third-order valence-electron chi connectivity index (χ3n) is 3.93. The fourth-order valence-electron chi connectivity index (χ4n) is 2.64. The lowest BCUT2D eigenvalue weighted by Crippen LogP contribution is -2.39. The van der Waals surface area contributed by atoms with Gasteiger partial charge in [0.25, 0.3) is 5.56 Å². The van der Waals surface area contributed by atoms with Crippen molar-refractivity contribution in [2.24, 2.45) is 14.1 Å². The molecule has 2 rings (SSSR count). The first-order chi connectivity index (χ1) is 10.4. The van der Waals surface area contributed by atoms with Gasteiger partial charge in [0.05, 0.1) is 6.33 Å². The van der Waals surface area contributed by atoms with Crippen molar-refractivity contribution in [2.45, 2.75) is 50.4 Å². The summed E-state index contributed by atoms with van der Waals surface area (Å²) < 4.78 is 4.45. The second-order valence-electron chi connectivity index (χ2n) is 5.81. The van der Waals surface area contributed by atoms with Gasteiger partial charge in [0, 0.05) is 25.5 Å². The van der Waals surface area contributed by atoms with Gasteiger partial charge in [0.1, 0.15) is 0 Å². The monoisotopic (exact) mass is 370 g/mol. The van der Waals surface area contributed by atoms with E-state index in [0.717, 1.165) is 25.7 Å². The molecule has 0 radical (unpaired) electrons. The van der Waals surface area contributed by atoms with E-state index in [9.17, 15) is 9.59 Å². The van der Waals surface area contributed by atoms with Crippen LogP contribution in [0.1, 0.15) is 39.0 Å². The SMILES string of the molecule is CC(Br)CCCCCCn1c(=O)c2c(ncn2C)n(C)c1=O. The van der Waals surface area contributed by atoms with Gasteiger partial charge in [-0.3, -0.25) is 13.9 Å². The maximum Gasteiger partial charge on any atom is 0.332 e. The number of unbranched alkanes of at least 4 members (excludes halogenated alkanes) is 3. The fraction of sp³-hybridized carbons (Fsp3) is 0.667. The van der Waals surface area contributed by atoms with Gasteiger partial charge in [-0.05, 0) is 12.8 Å².